The zero-order valence-corrected chi connectivity index (χ0v) is 8.02. The molecule has 0 atom stereocenters. The molecule has 0 fully saturated rings. The van der Waals surface area contributed by atoms with E-state index < -0.39 is 0 Å². The summed E-state index contributed by atoms with van der Waals surface area (Å²) in [5.41, 5.74) is 1.58. The molecule has 1 aromatic carbocycles. The Balaban J connectivity index is 2.28. The number of phenolic OH excluding ortho intramolecular Hbond substituents is 1. The maximum Gasteiger partial charge on any atom is 0.123 e. The van der Waals surface area contributed by atoms with Gasteiger partial charge in [0.15, 0.2) is 0 Å². The first-order valence-corrected chi connectivity index (χ1v) is 4.62. The number of hydrogen-bond acceptors (Lipinski definition) is 2. The molecule has 0 spiro atoms. The van der Waals surface area contributed by atoms with E-state index in [0.29, 0.717) is 12.0 Å². The first kappa shape index (κ1) is 9.65. The lowest BCUT2D eigenvalue weighted by Crippen LogP contribution is -1.90. The number of pyridine rings is 1. The van der Waals surface area contributed by atoms with Crippen molar-refractivity contribution in [3.05, 3.63) is 59.7 Å². The van der Waals surface area contributed by atoms with Crippen LogP contribution in [0.2, 0.25) is 0 Å². The van der Waals surface area contributed by atoms with Gasteiger partial charge < -0.3 is 5.11 Å². The molecule has 0 saturated heterocycles. The van der Waals surface area contributed by atoms with Crippen LogP contribution in [-0.4, -0.2) is 10.1 Å². The second kappa shape index (κ2) is 4.09. The van der Waals surface area contributed by atoms with Crippen LogP contribution in [0.3, 0.4) is 0 Å². The molecule has 0 aliphatic heterocycles. The zero-order valence-electron chi connectivity index (χ0n) is 8.02. The van der Waals surface area contributed by atoms with E-state index in [1.165, 1.54) is 18.2 Å². The van der Waals surface area contributed by atoms with Crippen molar-refractivity contribution in [3.8, 4) is 5.75 Å². The number of phenols is 1. The Morgan fingerprint density at radius 3 is 2.60 bits per heavy atom. The monoisotopic (exact) mass is 203 g/mol. The van der Waals surface area contributed by atoms with Crippen LogP contribution < -0.4 is 0 Å². The Labute approximate surface area is 87.0 Å². The molecule has 0 radical (unpaired) electrons. The molecule has 0 aliphatic rings. The summed E-state index contributed by atoms with van der Waals surface area (Å²) >= 11 is 0. The van der Waals surface area contributed by atoms with Crippen molar-refractivity contribution >= 4 is 0 Å². The Hall–Kier alpha value is -1.90. The van der Waals surface area contributed by atoms with Crippen molar-refractivity contribution in [2.24, 2.45) is 0 Å². The number of hydrogen-bond donors (Lipinski definition) is 1. The molecule has 76 valence electrons. The number of rotatable bonds is 2. The second-order valence-corrected chi connectivity index (χ2v) is 3.31. The number of halogens is 1. The van der Waals surface area contributed by atoms with E-state index in [1.807, 2.05) is 12.1 Å². The van der Waals surface area contributed by atoms with Crippen LogP contribution in [0.5, 0.6) is 5.75 Å². The van der Waals surface area contributed by atoms with E-state index in [9.17, 15) is 9.50 Å². The maximum absolute atomic E-state index is 12.9. The van der Waals surface area contributed by atoms with Crippen molar-refractivity contribution in [1.29, 1.82) is 0 Å². The van der Waals surface area contributed by atoms with E-state index >= 15 is 0 Å². The van der Waals surface area contributed by atoms with Gasteiger partial charge >= 0.3 is 0 Å². The Bertz CT molecular complexity index is 456. The summed E-state index contributed by atoms with van der Waals surface area (Å²) < 4.78 is 12.9. The van der Waals surface area contributed by atoms with Crippen LogP contribution in [0.1, 0.15) is 11.1 Å². The van der Waals surface area contributed by atoms with Gasteiger partial charge in [0.1, 0.15) is 11.6 Å². The summed E-state index contributed by atoms with van der Waals surface area (Å²) in [6.07, 6.45) is 3.85. The standard InChI is InChI=1S/C12H10FNO/c13-11-1-2-12(15)10(8-11)7-9-3-5-14-6-4-9/h1-6,8,15H,7H2. The van der Waals surface area contributed by atoms with E-state index in [-0.39, 0.29) is 11.6 Å². The summed E-state index contributed by atoms with van der Waals surface area (Å²) in [6.45, 7) is 0. The minimum absolute atomic E-state index is 0.119. The SMILES string of the molecule is Oc1ccc(F)cc1Cc1ccncc1. The van der Waals surface area contributed by atoms with Crippen molar-refractivity contribution in [3.63, 3.8) is 0 Å². The Morgan fingerprint density at radius 2 is 1.87 bits per heavy atom. The van der Waals surface area contributed by atoms with Gasteiger partial charge in [-0.05, 0) is 35.9 Å². The molecular weight excluding hydrogens is 193 g/mol. The Kier molecular flexibility index (Phi) is 2.63. The zero-order chi connectivity index (χ0) is 10.7. The summed E-state index contributed by atoms with van der Waals surface area (Å²) in [5, 5.41) is 9.51. The third kappa shape index (κ3) is 2.31. The smallest absolute Gasteiger partial charge is 0.123 e. The van der Waals surface area contributed by atoms with Crippen LogP contribution >= 0.6 is 0 Å². The molecule has 2 rings (SSSR count). The van der Waals surface area contributed by atoms with Crippen molar-refractivity contribution < 1.29 is 9.50 Å². The summed E-state index contributed by atoms with van der Waals surface area (Å²) in [7, 11) is 0. The molecule has 2 aromatic rings. The fraction of sp³-hybridized carbons (Fsp3) is 0.0833. The van der Waals surface area contributed by atoms with Gasteiger partial charge in [0.2, 0.25) is 0 Å². The highest BCUT2D eigenvalue weighted by Gasteiger charge is 2.03. The molecular formula is C12H10FNO. The summed E-state index contributed by atoms with van der Waals surface area (Å²) in [4.78, 5) is 3.89. The van der Waals surface area contributed by atoms with E-state index in [4.69, 9.17) is 0 Å². The molecule has 2 nitrogen and oxygen atoms in total. The highest BCUT2D eigenvalue weighted by Crippen LogP contribution is 2.20. The van der Waals surface area contributed by atoms with Gasteiger partial charge in [-0.3, -0.25) is 4.98 Å². The quantitative estimate of drug-likeness (QED) is 0.813. The second-order valence-electron chi connectivity index (χ2n) is 3.31. The fourth-order valence-corrected chi connectivity index (χ4v) is 1.42. The third-order valence-electron chi connectivity index (χ3n) is 2.19. The molecule has 0 amide bonds. The van der Waals surface area contributed by atoms with Crippen molar-refractivity contribution in [2.75, 3.05) is 0 Å². The molecule has 0 saturated carbocycles. The van der Waals surface area contributed by atoms with Crippen LogP contribution in [0.15, 0.2) is 42.7 Å². The normalized spacial score (nSPS) is 10.2. The molecule has 3 heteroatoms. The summed E-state index contributed by atoms with van der Waals surface area (Å²) in [6, 6.07) is 7.63. The van der Waals surface area contributed by atoms with Crippen molar-refractivity contribution in [2.45, 2.75) is 6.42 Å². The van der Waals surface area contributed by atoms with E-state index in [1.54, 1.807) is 12.4 Å². The number of aromatic hydroxyl groups is 1. The number of aromatic nitrogens is 1. The topological polar surface area (TPSA) is 33.1 Å². The number of benzene rings is 1. The maximum atomic E-state index is 12.9. The highest BCUT2D eigenvalue weighted by atomic mass is 19.1. The largest absolute Gasteiger partial charge is 0.508 e. The molecule has 0 aliphatic carbocycles. The first-order chi connectivity index (χ1) is 7.25. The van der Waals surface area contributed by atoms with Gasteiger partial charge in [0.25, 0.3) is 0 Å². The van der Waals surface area contributed by atoms with Gasteiger partial charge in [0.05, 0.1) is 0 Å². The average molecular weight is 203 g/mol. The molecule has 0 unspecified atom stereocenters. The molecule has 0 bridgehead atoms. The fourth-order valence-electron chi connectivity index (χ4n) is 1.42. The third-order valence-corrected chi connectivity index (χ3v) is 2.19. The Morgan fingerprint density at radius 1 is 1.13 bits per heavy atom. The van der Waals surface area contributed by atoms with Gasteiger partial charge in [-0.25, -0.2) is 4.39 Å². The lowest BCUT2D eigenvalue weighted by Gasteiger charge is -2.04. The van der Waals surface area contributed by atoms with Crippen LogP contribution in [0.4, 0.5) is 4.39 Å². The molecule has 15 heavy (non-hydrogen) atoms. The lowest BCUT2D eigenvalue weighted by molar-refractivity contribution is 0.467. The van der Waals surface area contributed by atoms with Gasteiger partial charge in [-0.2, -0.15) is 0 Å². The predicted molar refractivity (Wildman–Crippen MR) is 55.1 cm³/mol. The van der Waals surface area contributed by atoms with Crippen LogP contribution in [0.25, 0.3) is 0 Å². The van der Waals surface area contributed by atoms with Crippen LogP contribution in [0, 0.1) is 5.82 Å². The summed E-state index contributed by atoms with van der Waals surface area (Å²) in [5.74, 6) is -0.218. The van der Waals surface area contributed by atoms with Crippen molar-refractivity contribution in [1.82, 2.24) is 4.98 Å². The minimum Gasteiger partial charge on any atom is -0.508 e. The van der Waals surface area contributed by atoms with E-state index in [2.05, 4.69) is 4.98 Å². The average Bonchev–Trinajstić information content (AvgIpc) is 2.25. The number of nitrogens with zero attached hydrogens (tertiary/aromatic N) is 1. The van der Waals surface area contributed by atoms with Gasteiger partial charge in [-0.15, -0.1) is 0 Å². The highest BCUT2D eigenvalue weighted by molar-refractivity contribution is 5.36. The molecule has 1 aromatic heterocycles. The molecule has 1 N–H and O–H groups in total. The van der Waals surface area contributed by atoms with E-state index in [0.717, 1.165) is 5.56 Å². The minimum atomic E-state index is -0.336. The van der Waals surface area contributed by atoms with Gasteiger partial charge in [-0.1, -0.05) is 0 Å². The van der Waals surface area contributed by atoms with Gasteiger partial charge in [0, 0.05) is 24.4 Å². The predicted octanol–water partition coefficient (Wildman–Crippen LogP) is 2.52. The first-order valence-electron chi connectivity index (χ1n) is 4.62. The molecule has 1 heterocycles. The lowest BCUT2D eigenvalue weighted by atomic mass is 10.1. The van der Waals surface area contributed by atoms with Crippen LogP contribution in [-0.2, 0) is 6.42 Å².